The summed E-state index contributed by atoms with van der Waals surface area (Å²) in [6, 6.07) is 4.11. The van der Waals surface area contributed by atoms with Gasteiger partial charge in [-0.2, -0.15) is 0 Å². The highest BCUT2D eigenvalue weighted by Crippen LogP contribution is 2.28. The third-order valence-electron chi connectivity index (χ3n) is 3.58. The number of carboxylic acids is 1. The van der Waals surface area contributed by atoms with E-state index in [-0.39, 0.29) is 12.2 Å². The van der Waals surface area contributed by atoms with Gasteiger partial charge in [0.1, 0.15) is 17.7 Å². The van der Waals surface area contributed by atoms with Gasteiger partial charge in [0.05, 0.1) is 6.10 Å². The third kappa shape index (κ3) is 4.56. The Labute approximate surface area is 123 Å². The van der Waals surface area contributed by atoms with Gasteiger partial charge in [-0.1, -0.05) is 0 Å². The molecule has 21 heavy (non-hydrogen) atoms. The molecule has 0 aliphatic heterocycles. The van der Waals surface area contributed by atoms with Crippen LogP contribution < -0.4 is 4.74 Å². The van der Waals surface area contributed by atoms with E-state index in [1.165, 1.54) is 24.3 Å². The van der Waals surface area contributed by atoms with Crippen molar-refractivity contribution < 1.29 is 23.8 Å². The topological polar surface area (TPSA) is 55.8 Å². The summed E-state index contributed by atoms with van der Waals surface area (Å²) in [5.74, 6) is -1.01. The van der Waals surface area contributed by atoms with Crippen molar-refractivity contribution >= 4 is 12.0 Å². The minimum absolute atomic E-state index is 0.00568. The summed E-state index contributed by atoms with van der Waals surface area (Å²) in [5.41, 5.74) is 0.428. The fraction of sp³-hybridized carbons (Fsp3) is 0.438. The van der Waals surface area contributed by atoms with E-state index in [0.717, 1.165) is 31.8 Å². The van der Waals surface area contributed by atoms with Crippen LogP contribution in [0.2, 0.25) is 0 Å². The monoisotopic (exact) mass is 294 g/mol. The van der Waals surface area contributed by atoms with Crippen LogP contribution in [0.5, 0.6) is 5.75 Å². The molecule has 4 nitrogen and oxygen atoms in total. The van der Waals surface area contributed by atoms with Gasteiger partial charge >= 0.3 is 5.97 Å². The fourth-order valence-electron chi connectivity index (χ4n) is 2.52. The lowest BCUT2D eigenvalue weighted by Crippen LogP contribution is -2.29. The van der Waals surface area contributed by atoms with E-state index in [2.05, 4.69) is 0 Å². The Kier molecular flexibility index (Phi) is 5.33. The standard InChI is InChI=1S/C16H19FO4/c1-20-13-3-2-4-14(10-13)21-15-7-6-12(17)9-11(15)5-8-16(18)19/h5-9,13-14H,2-4,10H2,1H3,(H,18,19)/b8-5+. The van der Waals surface area contributed by atoms with Crippen LogP contribution in [-0.4, -0.2) is 30.4 Å². The first-order valence-corrected chi connectivity index (χ1v) is 6.98. The highest BCUT2D eigenvalue weighted by molar-refractivity contribution is 5.85. The number of carboxylic acid groups (broad SMARTS) is 1. The Morgan fingerprint density at radius 2 is 2.14 bits per heavy atom. The zero-order valence-electron chi connectivity index (χ0n) is 11.9. The van der Waals surface area contributed by atoms with Crippen LogP contribution in [0, 0.1) is 5.82 Å². The van der Waals surface area contributed by atoms with Crippen molar-refractivity contribution in [2.45, 2.75) is 37.9 Å². The summed E-state index contributed by atoms with van der Waals surface area (Å²) in [5, 5.41) is 8.69. The molecule has 0 bridgehead atoms. The molecule has 2 rings (SSSR count). The highest BCUT2D eigenvalue weighted by Gasteiger charge is 2.23. The molecule has 5 heteroatoms. The Morgan fingerprint density at radius 3 is 2.86 bits per heavy atom. The average molecular weight is 294 g/mol. The molecule has 1 aliphatic carbocycles. The van der Waals surface area contributed by atoms with Crippen LogP contribution in [0.25, 0.3) is 6.08 Å². The SMILES string of the molecule is COC1CCCC(Oc2ccc(F)cc2/C=C/C(=O)O)C1. The number of hydrogen-bond acceptors (Lipinski definition) is 3. The zero-order valence-corrected chi connectivity index (χ0v) is 11.9. The second kappa shape index (κ2) is 7.22. The number of carbonyl (C=O) groups is 1. The van der Waals surface area contributed by atoms with E-state index in [1.54, 1.807) is 7.11 Å². The molecule has 1 saturated carbocycles. The van der Waals surface area contributed by atoms with Crippen molar-refractivity contribution in [1.82, 2.24) is 0 Å². The van der Waals surface area contributed by atoms with Gasteiger partial charge in [-0.05, 0) is 43.5 Å². The quantitative estimate of drug-likeness (QED) is 0.847. The van der Waals surface area contributed by atoms with Crippen molar-refractivity contribution in [2.24, 2.45) is 0 Å². The lowest BCUT2D eigenvalue weighted by molar-refractivity contribution is -0.131. The minimum atomic E-state index is -1.08. The Hall–Kier alpha value is -1.88. The van der Waals surface area contributed by atoms with Crippen molar-refractivity contribution in [3.05, 3.63) is 35.7 Å². The van der Waals surface area contributed by atoms with Crippen molar-refractivity contribution in [3.63, 3.8) is 0 Å². The smallest absolute Gasteiger partial charge is 0.328 e. The lowest BCUT2D eigenvalue weighted by atomic mass is 9.95. The summed E-state index contributed by atoms with van der Waals surface area (Å²) in [4.78, 5) is 10.6. The predicted octanol–water partition coefficient (Wildman–Crippen LogP) is 3.26. The zero-order chi connectivity index (χ0) is 15.2. The van der Waals surface area contributed by atoms with Gasteiger partial charge in [0.2, 0.25) is 0 Å². The first-order chi connectivity index (χ1) is 10.1. The molecule has 0 spiro atoms. The molecule has 1 N–H and O–H groups in total. The van der Waals surface area contributed by atoms with Gasteiger partial charge in [-0.15, -0.1) is 0 Å². The number of methoxy groups -OCH3 is 1. The molecule has 2 unspecified atom stereocenters. The first-order valence-electron chi connectivity index (χ1n) is 6.98. The number of hydrogen-bond donors (Lipinski definition) is 1. The van der Waals surface area contributed by atoms with Crippen LogP contribution in [-0.2, 0) is 9.53 Å². The first kappa shape index (κ1) is 15.5. The Balaban J connectivity index is 2.13. The Bertz CT molecular complexity index is 527. The van der Waals surface area contributed by atoms with E-state index < -0.39 is 11.8 Å². The van der Waals surface area contributed by atoms with Crippen LogP contribution in [0.1, 0.15) is 31.2 Å². The molecule has 1 aromatic rings. The molecule has 1 fully saturated rings. The van der Waals surface area contributed by atoms with E-state index in [1.807, 2.05) is 0 Å². The maximum Gasteiger partial charge on any atom is 0.328 e. The van der Waals surface area contributed by atoms with Crippen molar-refractivity contribution in [1.29, 1.82) is 0 Å². The number of ether oxygens (including phenoxy) is 2. The molecule has 0 aromatic heterocycles. The molecule has 1 aliphatic rings. The maximum atomic E-state index is 13.3. The maximum absolute atomic E-state index is 13.3. The van der Waals surface area contributed by atoms with Gasteiger partial charge in [0.15, 0.2) is 0 Å². The largest absolute Gasteiger partial charge is 0.490 e. The molecule has 2 atom stereocenters. The highest BCUT2D eigenvalue weighted by atomic mass is 19.1. The molecule has 0 saturated heterocycles. The Morgan fingerprint density at radius 1 is 1.38 bits per heavy atom. The molecule has 114 valence electrons. The van der Waals surface area contributed by atoms with Crippen molar-refractivity contribution in [2.75, 3.05) is 7.11 Å². The molecule has 0 radical (unpaired) electrons. The fourth-order valence-corrected chi connectivity index (χ4v) is 2.52. The summed E-state index contributed by atoms with van der Waals surface area (Å²) in [6.45, 7) is 0. The van der Waals surface area contributed by atoms with Gasteiger partial charge < -0.3 is 14.6 Å². The van der Waals surface area contributed by atoms with Gasteiger partial charge in [-0.25, -0.2) is 9.18 Å². The van der Waals surface area contributed by atoms with Gasteiger partial charge in [-0.3, -0.25) is 0 Å². The predicted molar refractivity (Wildman–Crippen MR) is 76.8 cm³/mol. The summed E-state index contributed by atoms with van der Waals surface area (Å²) in [6.07, 6.45) is 6.25. The third-order valence-corrected chi connectivity index (χ3v) is 3.58. The van der Waals surface area contributed by atoms with Crippen molar-refractivity contribution in [3.8, 4) is 5.75 Å². The number of halogens is 1. The number of rotatable bonds is 5. The van der Waals surface area contributed by atoms with E-state index >= 15 is 0 Å². The molecule has 0 amide bonds. The summed E-state index contributed by atoms with van der Waals surface area (Å²) >= 11 is 0. The van der Waals surface area contributed by atoms with Crippen LogP contribution in [0.4, 0.5) is 4.39 Å². The van der Waals surface area contributed by atoms with E-state index in [0.29, 0.717) is 11.3 Å². The summed E-state index contributed by atoms with van der Waals surface area (Å²) < 4.78 is 24.6. The molecular formula is C16H19FO4. The summed E-state index contributed by atoms with van der Waals surface area (Å²) in [7, 11) is 1.69. The molecule has 1 aromatic carbocycles. The van der Waals surface area contributed by atoms with Gasteiger partial charge in [0, 0.05) is 25.2 Å². The average Bonchev–Trinajstić information content (AvgIpc) is 2.47. The molecule has 0 heterocycles. The molecular weight excluding hydrogens is 275 g/mol. The normalized spacial score (nSPS) is 22.4. The van der Waals surface area contributed by atoms with Crippen LogP contribution in [0.3, 0.4) is 0 Å². The second-order valence-electron chi connectivity index (χ2n) is 5.12. The number of aliphatic carboxylic acids is 1. The van der Waals surface area contributed by atoms with Gasteiger partial charge in [0.25, 0.3) is 0 Å². The van der Waals surface area contributed by atoms with E-state index in [9.17, 15) is 9.18 Å². The minimum Gasteiger partial charge on any atom is -0.490 e. The second-order valence-corrected chi connectivity index (χ2v) is 5.12. The lowest BCUT2D eigenvalue weighted by Gasteiger charge is -2.29. The van der Waals surface area contributed by atoms with E-state index in [4.69, 9.17) is 14.6 Å². The van der Waals surface area contributed by atoms with Crippen LogP contribution >= 0.6 is 0 Å². The number of benzene rings is 1. The van der Waals surface area contributed by atoms with Crippen LogP contribution in [0.15, 0.2) is 24.3 Å².